The van der Waals surface area contributed by atoms with Gasteiger partial charge < -0.3 is 19.9 Å². The van der Waals surface area contributed by atoms with Gasteiger partial charge in [-0.2, -0.15) is 11.8 Å². The van der Waals surface area contributed by atoms with Crippen molar-refractivity contribution in [2.45, 2.75) is 64.5 Å². The molecule has 8 nitrogen and oxygen atoms in total. The number of aryl methyl sites for hydroxylation is 1. The number of hydrogen-bond acceptors (Lipinski definition) is 6. The fraction of sp³-hybridized carbons (Fsp3) is 0.485. The Morgan fingerprint density at radius 2 is 1.84 bits per heavy atom. The Balaban J connectivity index is 0.00000506. The van der Waals surface area contributed by atoms with Gasteiger partial charge in [-0.25, -0.2) is 9.59 Å². The van der Waals surface area contributed by atoms with Gasteiger partial charge in [-0.1, -0.05) is 55.7 Å². The molecule has 1 radical (unpaired) electrons. The average Bonchev–Trinajstić information content (AvgIpc) is 3.47. The van der Waals surface area contributed by atoms with E-state index in [9.17, 15) is 19.5 Å². The molecule has 2 N–H and O–H groups in total. The van der Waals surface area contributed by atoms with Crippen molar-refractivity contribution in [3.63, 3.8) is 0 Å². The van der Waals surface area contributed by atoms with Crippen LogP contribution in [0.1, 0.15) is 66.4 Å². The summed E-state index contributed by atoms with van der Waals surface area (Å²) in [6, 6.07) is 12.3. The van der Waals surface area contributed by atoms with Gasteiger partial charge in [0.25, 0.3) is 5.91 Å². The number of benzene rings is 2. The minimum atomic E-state index is -1.05. The first kappa shape index (κ1) is 35.2. The predicted molar refractivity (Wildman–Crippen MR) is 171 cm³/mol. The molecule has 1 atom stereocenters. The third kappa shape index (κ3) is 10.1. The second-order valence-electron chi connectivity index (χ2n) is 11.1. The number of carboxylic acid groups (broad SMARTS) is 1. The van der Waals surface area contributed by atoms with Crippen molar-refractivity contribution in [1.29, 1.82) is 0 Å². The number of carbonyl (C=O) groups is 3. The van der Waals surface area contributed by atoms with Gasteiger partial charge in [0.1, 0.15) is 6.04 Å². The summed E-state index contributed by atoms with van der Waals surface area (Å²) >= 11 is 1.54. The van der Waals surface area contributed by atoms with Crippen LogP contribution in [0.5, 0.6) is 0 Å². The van der Waals surface area contributed by atoms with Gasteiger partial charge in [0.15, 0.2) is 0 Å². The van der Waals surface area contributed by atoms with Crippen molar-refractivity contribution in [2.24, 2.45) is 5.92 Å². The van der Waals surface area contributed by atoms with E-state index < -0.39 is 17.9 Å². The van der Waals surface area contributed by atoms with E-state index in [-0.39, 0.29) is 48.9 Å². The average molecular weight is 618 g/mol. The Labute approximate surface area is 281 Å². The van der Waals surface area contributed by atoms with Crippen molar-refractivity contribution in [3.8, 4) is 11.1 Å². The zero-order valence-corrected chi connectivity index (χ0v) is 28.4. The zero-order valence-electron chi connectivity index (χ0n) is 25.6. The van der Waals surface area contributed by atoms with Crippen molar-refractivity contribution < 1.29 is 29.0 Å². The van der Waals surface area contributed by atoms with Crippen LogP contribution < -0.4 is 5.32 Å². The standard InChI is InChI=1S/C33H42N2O6S.Na/c1-23-9-6-7-13-27(23)29-19-25(14-15-28(29)31(36)34-30(32(37)38)16-18-42-2)20-40-22-26-12-8-17-35(26)33(39)41-21-24-10-4-3-5-11-24;/h6-7,9,12-15,19,24,30H,3-5,8,10-11,16-18,20-22H2,1-2H3,(H,34,36)(H,37,38);/t30-;/m0./s1. The van der Waals surface area contributed by atoms with E-state index >= 15 is 0 Å². The summed E-state index contributed by atoms with van der Waals surface area (Å²) in [6.07, 6.45) is 10.7. The third-order valence-electron chi connectivity index (χ3n) is 7.96. The fourth-order valence-corrected chi connectivity index (χ4v) is 6.03. The van der Waals surface area contributed by atoms with Gasteiger partial charge >= 0.3 is 12.1 Å². The number of carboxylic acids is 1. The van der Waals surface area contributed by atoms with Gasteiger partial charge in [-0.3, -0.25) is 9.69 Å². The van der Waals surface area contributed by atoms with Gasteiger partial charge in [0.05, 0.1) is 19.8 Å². The SMILES string of the molecule is CSCC[C@H](NC(=O)c1ccc(COCC2=CCCN2C(=O)OCC2CCCCC2)cc1-c1ccccc1C)C(=O)O.[Na]. The summed E-state index contributed by atoms with van der Waals surface area (Å²) in [7, 11) is 0. The maximum Gasteiger partial charge on any atom is 0.414 e. The van der Waals surface area contributed by atoms with E-state index in [1.165, 1.54) is 31.0 Å². The second kappa shape index (κ2) is 17.9. The van der Waals surface area contributed by atoms with E-state index in [1.54, 1.807) is 11.0 Å². The summed E-state index contributed by atoms with van der Waals surface area (Å²) in [4.78, 5) is 39.5. The van der Waals surface area contributed by atoms with E-state index in [0.717, 1.165) is 41.6 Å². The van der Waals surface area contributed by atoms with Crippen LogP contribution in [0.25, 0.3) is 11.1 Å². The normalized spacial score (nSPS) is 15.8. The Kier molecular flexibility index (Phi) is 14.6. The molecule has 4 rings (SSSR count). The molecule has 1 fully saturated rings. The molecule has 1 saturated carbocycles. The van der Waals surface area contributed by atoms with E-state index in [4.69, 9.17) is 9.47 Å². The molecule has 0 bridgehead atoms. The first-order chi connectivity index (χ1) is 20.4. The molecule has 1 aliphatic carbocycles. The number of nitrogens with zero attached hydrogens (tertiary/aromatic N) is 1. The number of ether oxygens (including phenoxy) is 2. The second-order valence-corrected chi connectivity index (χ2v) is 12.0. The summed E-state index contributed by atoms with van der Waals surface area (Å²) in [5.41, 5.74) is 4.70. The van der Waals surface area contributed by atoms with Crippen LogP contribution in [-0.4, -0.2) is 95.3 Å². The minimum Gasteiger partial charge on any atom is -0.480 e. The van der Waals surface area contributed by atoms with Crippen LogP contribution in [0.2, 0.25) is 0 Å². The Hall–Kier alpha value is -2.30. The number of aliphatic carboxylic acids is 1. The van der Waals surface area contributed by atoms with Crippen LogP contribution in [-0.2, 0) is 20.9 Å². The van der Waals surface area contributed by atoms with Crippen LogP contribution in [0, 0.1) is 12.8 Å². The van der Waals surface area contributed by atoms with E-state index in [0.29, 0.717) is 42.4 Å². The Morgan fingerprint density at radius 3 is 2.56 bits per heavy atom. The zero-order chi connectivity index (χ0) is 29.9. The summed E-state index contributed by atoms with van der Waals surface area (Å²) < 4.78 is 11.7. The van der Waals surface area contributed by atoms with Crippen molar-refractivity contribution in [1.82, 2.24) is 10.2 Å². The van der Waals surface area contributed by atoms with Crippen LogP contribution >= 0.6 is 11.8 Å². The number of hydrogen-bond donors (Lipinski definition) is 2. The maximum absolute atomic E-state index is 13.3. The topological polar surface area (TPSA) is 105 Å². The predicted octanol–water partition coefficient (Wildman–Crippen LogP) is 6.04. The number of rotatable bonds is 13. The van der Waals surface area contributed by atoms with Gasteiger partial charge in [0.2, 0.25) is 0 Å². The Morgan fingerprint density at radius 1 is 1.07 bits per heavy atom. The van der Waals surface area contributed by atoms with E-state index in [1.807, 2.05) is 55.7 Å². The molecule has 1 aliphatic heterocycles. The molecule has 0 aromatic heterocycles. The molecular weight excluding hydrogens is 575 g/mol. The largest absolute Gasteiger partial charge is 0.480 e. The van der Waals surface area contributed by atoms with Gasteiger partial charge in [-0.05, 0) is 84.9 Å². The Bertz CT molecular complexity index is 1280. The fourth-order valence-electron chi connectivity index (χ4n) is 5.56. The quantitative estimate of drug-likeness (QED) is 0.264. The molecule has 2 aromatic carbocycles. The molecular formula is C33H42N2NaO6S. The third-order valence-corrected chi connectivity index (χ3v) is 8.61. The van der Waals surface area contributed by atoms with Gasteiger partial charge in [-0.15, -0.1) is 0 Å². The number of thioether (sulfide) groups is 1. The molecule has 2 amide bonds. The smallest absolute Gasteiger partial charge is 0.414 e. The summed E-state index contributed by atoms with van der Waals surface area (Å²) in [6.45, 7) is 3.62. The summed E-state index contributed by atoms with van der Waals surface area (Å²) in [5, 5.41) is 12.3. The molecule has 2 aliphatic rings. The summed E-state index contributed by atoms with van der Waals surface area (Å²) in [5.74, 6) is -0.378. The van der Waals surface area contributed by atoms with E-state index in [2.05, 4.69) is 5.32 Å². The number of carbonyl (C=O) groups excluding carboxylic acids is 2. The molecule has 43 heavy (non-hydrogen) atoms. The molecule has 0 unspecified atom stereocenters. The number of amides is 2. The first-order valence-electron chi connectivity index (χ1n) is 14.8. The van der Waals surface area contributed by atoms with Gasteiger partial charge in [0, 0.05) is 47.4 Å². The van der Waals surface area contributed by atoms with Crippen LogP contribution in [0.4, 0.5) is 4.79 Å². The van der Waals surface area contributed by atoms with Crippen LogP contribution in [0.15, 0.2) is 54.2 Å². The maximum atomic E-state index is 13.3. The van der Waals surface area contributed by atoms with Crippen molar-refractivity contribution in [3.05, 3.63) is 70.9 Å². The first-order valence-corrected chi connectivity index (χ1v) is 16.2. The number of nitrogens with one attached hydrogen (secondary N) is 1. The minimum absolute atomic E-state index is 0. The molecule has 227 valence electrons. The molecule has 0 spiro atoms. The molecule has 2 aromatic rings. The molecule has 0 saturated heterocycles. The van der Waals surface area contributed by atoms with Crippen molar-refractivity contribution >= 4 is 59.3 Å². The van der Waals surface area contributed by atoms with Crippen molar-refractivity contribution in [2.75, 3.05) is 31.8 Å². The molecule has 10 heteroatoms. The van der Waals surface area contributed by atoms with Crippen LogP contribution in [0.3, 0.4) is 0 Å². The molecule has 1 heterocycles. The monoisotopic (exact) mass is 617 g/mol.